The van der Waals surface area contributed by atoms with Crippen LogP contribution in [0, 0.1) is 0 Å². The molecule has 0 fully saturated rings. The molecule has 0 saturated heterocycles. The first-order valence-electron chi connectivity index (χ1n) is 4.32. The largest absolute Gasteiger partial charge is 0.381 e. The van der Waals surface area contributed by atoms with Crippen LogP contribution < -0.4 is 9.86 Å². The van der Waals surface area contributed by atoms with Gasteiger partial charge in [-0.2, -0.15) is 0 Å². The molecule has 7 nitrogen and oxygen atoms in total. The third-order valence-electron chi connectivity index (χ3n) is 1.41. The number of nitrogens with two attached hydrogens (primary N) is 1. The number of hydrogen-bond donors (Lipinski definition) is 2. The molecule has 0 unspecified atom stereocenters. The van der Waals surface area contributed by atoms with Crippen molar-refractivity contribution in [1.82, 2.24) is 4.72 Å². The van der Waals surface area contributed by atoms with E-state index in [9.17, 15) is 16.8 Å². The van der Waals surface area contributed by atoms with Gasteiger partial charge in [0.2, 0.25) is 20.0 Å². The molecule has 15 heavy (non-hydrogen) atoms. The Kier molecular flexibility index (Phi) is 6.29. The summed E-state index contributed by atoms with van der Waals surface area (Å²) in [6, 6.07) is 0. The summed E-state index contributed by atoms with van der Waals surface area (Å²) in [4.78, 5) is 0. The molecule has 92 valence electrons. The first kappa shape index (κ1) is 14.8. The molecule has 0 amide bonds. The average molecular weight is 260 g/mol. The Labute approximate surface area is 90.1 Å². The SMILES string of the molecule is CCOCCS(=O)(=O)NCCS(N)(=O)=O. The van der Waals surface area contributed by atoms with Gasteiger partial charge in [-0.3, -0.25) is 0 Å². The Morgan fingerprint density at radius 1 is 1.20 bits per heavy atom. The van der Waals surface area contributed by atoms with Crippen LogP contribution in [0.4, 0.5) is 0 Å². The highest BCUT2D eigenvalue weighted by molar-refractivity contribution is 7.90. The standard InChI is InChI=1S/C6H16N2O5S2/c1-2-13-4-6-15(11,12)8-3-5-14(7,9)10/h8H,2-6H2,1H3,(H2,7,9,10). The van der Waals surface area contributed by atoms with Crippen LogP contribution in [0.1, 0.15) is 6.92 Å². The van der Waals surface area contributed by atoms with E-state index in [1.54, 1.807) is 6.92 Å². The molecule has 0 atom stereocenters. The van der Waals surface area contributed by atoms with Gasteiger partial charge in [0, 0.05) is 13.2 Å². The summed E-state index contributed by atoms with van der Waals surface area (Å²) in [5.74, 6) is -0.605. The first-order valence-corrected chi connectivity index (χ1v) is 7.69. The van der Waals surface area contributed by atoms with E-state index in [0.717, 1.165) is 0 Å². The van der Waals surface area contributed by atoms with Gasteiger partial charge in [-0.05, 0) is 6.92 Å². The van der Waals surface area contributed by atoms with Crippen LogP contribution in [0.3, 0.4) is 0 Å². The molecule has 0 aliphatic heterocycles. The van der Waals surface area contributed by atoms with Gasteiger partial charge in [0.15, 0.2) is 0 Å². The normalized spacial score (nSPS) is 12.9. The molecule has 0 heterocycles. The molecule has 0 rings (SSSR count). The minimum atomic E-state index is -3.63. The van der Waals surface area contributed by atoms with Crippen molar-refractivity contribution in [3.05, 3.63) is 0 Å². The van der Waals surface area contributed by atoms with E-state index in [1.807, 2.05) is 0 Å². The van der Waals surface area contributed by atoms with Crippen molar-refractivity contribution < 1.29 is 21.6 Å². The highest BCUT2D eigenvalue weighted by Crippen LogP contribution is 1.86. The van der Waals surface area contributed by atoms with Crippen LogP contribution in [0.5, 0.6) is 0 Å². The highest BCUT2D eigenvalue weighted by Gasteiger charge is 2.11. The fourth-order valence-corrected chi connectivity index (χ4v) is 2.14. The van der Waals surface area contributed by atoms with Gasteiger partial charge in [-0.1, -0.05) is 0 Å². The molecule has 0 aromatic rings. The molecule has 9 heteroatoms. The number of nitrogens with one attached hydrogen (secondary N) is 1. The lowest BCUT2D eigenvalue weighted by atomic mass is 10.8. The van der Waals surface area contributed by atoms with E-state index in [4.69, 9.17) is 9.88 Å². The quantitative estimate of drug-likeness (QED) is 0.501. The summed E-state index contributed by atoms with van der Waals surface area (Å²) in [7, 11) is -7.10. The minimum Gasteiger partial charge on any atom is -0.381 e. The molecule has 0 radical (unpaired) electrons. The van der Waals surface area contributed by atoms with E-state index in [1.165, 1.54) is 0 Å². The topological polar surface area (TPSA) is 116 Å². The Morgan fingerprint density at radius 2 is 1.80 bits per heavy atom. The second-order valence-corrected chi connectivity index (χ2v) is 6.44. The van der Waals surface area contributed by atoms with Crippen LogP contribution in [-0.2, 0) is 24.8 Å². The zero-order chi connectivity index (χ0) is 11.9. The molecular formula is C6H16N2O5S2. The van der Waals surface area contributed by atoms with Gasteiger partial charge >= 0.3 is 0 Å². The summed E-state index contributed by atoms with van der Waals surface area (Å²) < 4.78 is 50.3. The van der Waals surface area contributed by atoms with E-state index in [0.29, 0.717) is 6.61 Å². The summed E-state index contributed by atoms with van der Waals surface area (Å²) in [6.07, 6.45) is 0. The van der Waals surface area contributed by atoms with Crippen LogP contribution in [0.15, 0.2) is 0 Å². The molecule has 0 spiro atoms. The summed E-state index contributed by atoms with van der Waals surface area (Å²) >= 11 is 0. The zero-order valence-corrected chi connectivity index (χ0v) is 10.1. The van der Waals surface area contributed by atoms with Crippen molar-refractivity contribution in [3.63, 3.8) is 0 Å². The molecule has 3 N–H and O–H groups in total. The molecule has 0 aliphatic rings. The van der Waals surface area contributed by atoms with E-state index >= 15 is 0 Å². The predicted octanol–water partition coefficient (Wildman–Crippen LogP) is -1.77. The van der Waals surface area contributed by atoms with Crippen molar-refractivity contribution in [3.8, 4) is 0 Å². The summed E-state index contributed by atoms with van der Waals surface area (Å²) in [5.41, 5.74) is 0. The fourth-order valence-electron chi connectivity index (χ4n) is 0.725. The minimum absolute atomic E-state index is 0.0845. The van der Waals surface area contributed by atoms with Crippen LogP contribution in [-0.4, -0.2) is 48.1 Å². The van der Waals surface area contributed by atoms with Gasteiger partial charge < -0.3 is 4.74 Å². The number of rotatable bonds is 8. The molecular weight excluding hydrogens is 244 g/mol. The van der Waals surface area contributed by atoms with Crippen molar-refractivity contribution in [2.75, 3.05) is 31.3 Å². The van der Waals surface area contributed by atoms with Gasteiger partial charge in [0.25, 0.3) is 0 Å². The maximum atomic E-state index is 11.2. The third-order valence-corrected chi connectivity index (χ3v) is 3.53. The summed E-state index contributed by atoms with van der Waals surface area (Å²) in [6.45, 7) is 2.06. The second-order valence-electron chi connectivity index (χ2n) is 2.78. The fraction of sp³-hybridized carbons (Fsp3) is 1.00. The predicted molar refractivity (Wildman–Crippen MR) is 56.3 cm³/mol. The van der Waals surface area contributed by atoms with Gasteiger partial charge in [-0.15, -0.1) is 0 Å². The van der Waals surface area contributed by atoms with Crippen LogP contribution in [0.25, 0.3) is 0 Å². The maximum absolute atomic E-state index is 11.2. The monoisotopic (exact) mass is 260 g/mol. The lowest BCUT2D eigenvalue weighted by Gasteiger charge is -2.05. The van der Waals surface area contributed by atoms with Crippen molar-refractivity contribution in [2.24, 2.45) is 5.14 Å². The van der Waals surface area contributed by atoms with Crippen molar-refractivity contribution in [2.45, 2.75) is 6.92 Å². The molecule has 0 aromatic carbocycles. The third kappa shape index (κ3) is 10.1. The number of sulfonamides is 2. The number of ether oxygens (including phenoxy) is 1. The van der Waals surface area contributed by atoms with E-state index in [-0.39, 0.29) is 18.9 Å². The van der Waals surface area contributed by atoms with Gasteiger partial charge in [0.05, 0.1) is 18.1 Å². The number of hydrogen-bond acceptors (Lipinski definition) is 5. The smallest absolute Gasteiger partial charge is 0.213 e. The highest BCUT2D eigenvalue weighted by atomic mass is 32.2. The Morgan fingerprint density at radius 3 is 2.27 bits per heavy atom. The molecule has 0 bridgehead atoms. The zero-order valence-electron chi connectivity index (χ0n) is 8.47. The lowest BCUT2D eigenvalue weighted by molar-refractivity contribution is 0.163. The van der Waals surface area contributed by atoms with Gasteiger partial charge in [-0.25, -0.2) is 26.7 Å². The van der Waals surface area contributed by atoms with E-state index < -0.39 is 25.8 Å². The Bertz CT molecular complexity index is 361. The van der Waals surface area contributed by atoms with Crippen LogP contribution >= 0.6 is 0 Å². The maximum Gasteiger partial charge on any atom is 0.213 e. The van der Waals surface area contributed by atoms with Crippen LogP contribution in [0.2, 0.25) is 0 Å². The molecule has 0 aromatic heterocycles. The lowest BCUT2D eigenvalue weighted by Crippen LogP contribution is -2.34. The van der Waals surface area contributed by atoms with E-state index in [2.05, 4.69) is 4.72 Å². The number of primary sulfonamides is 1. The average Bonchev–Trinajstić information content (AvgIpc) is 2.01. The van der Waals surface area contributed by atoms with Crippen molar-refractivity contribution >= 4 is 20.0 Å². The first-order chi connectivity index (χ1) is 6.77. The molecule has 0 aliphatic carbocycles. The summed E-state index contributed by atoms with van der Waals surface area (Å²) in [5, 5.41) is 4.70. The molecule has 0 saturated carbocycles. The Hall–Kier alpha value is -0.220. The Balaban J connectivity index is 3.85. The van der Waals surface area contributed by atoms with Gasteiger partial charge in [0.1, 0.15) is 0 Å². The van der Waals surface area contributed by atoms with Crippen molar-refractivity contribution in [1.29, 1.82) is 0 Å². The second kappa shape index (κ2) is 6.38.